The van der Waals surface area contributed by atoms with Gasteiger partial charge < -0.3 is 15.0 Å². The van der Waals surface area contributed by atoms with Crippen LogP contribution in [-0.2, 0) is 17.7 Å². The molecule has 1 aromatic heterocycles. The summed E-state index contributed by atoms with van der Waals surface area (Å²) < 4.78 is 6.82. The minimum absolute atomic E-state index is 0.393. The standard InChI is InChI=1S/C20H24N2O3/c1-5-7-16-18(14-8-10-15(11-9-14)20(24)25-4)17(19(21)23)13(3)22(16)12-6-2/h6,8-11H,2,5,7,12H2,1,3-4H3,(H2,21,23). The van der Waals surface area contributed by atoms with Crippen LogP contribution in [0.25, 0.3) is 11.1 Å². The largest absolute Gasteiger partial charge is 0.465 e. The third-order valence-corrected chi connectivity index (χ3v) is 4.27. The van der Waals surface area contributed by atoms with Crippen molar-refractivity contribution in [1.82, 2.24) is 4.57 Å². The minimum Gasteiger partial charge on any atom is -0.465 e. The van der Waals surface area contributed by atoms with Gasteiger partial charge in [0.05, 0.1) is 18.2 Å². The quantitative estimate of drug-likeness (QED) is 0.619. The number of hydrogen-bond acceptors (Lipinski definition) is 3. The van der Waals surface area contributed by atoms with Crippen LogP contribution < -0.4 is 5.73 Å². The maximum Gasteiger partial charge on any atom is 0.337 e. The highest BCUT2D eigenvalue weighted by Crippen LogP contribution is 2.34. The summed E-state index contributed by atoms with van der Waals surface area (Å²) in [7, 11) is 1.35. The molecule has 0 saturated carbocycles. The Kier molecular flexibility index (Phi) is 5.80. The van der Waals surface area contributed by atoms with Gasteiger partial charge in [0.1, 0.15) is 0 Å². The zero-order valence-electron chi connectivity index (χ0n) is 15.0. The Balaban J connectivity index is 2.69. The summed E-state index contributed by atoms with van der Waals surface area (Å²) in [6, 6.07) is 7.04. The second kappa shape index (κ2) is 7.83. The van der Waals surface area contributed by atoms with E-state index in [-0.39, 0.29) is 0 Å². The normalized spacial score (nSPS) is 10.5. The number of aromatic nitrogens is 1. The Morgan fingerprint density at radius 2 is 1.92 bits per heavy atom. The van der Waals surface area contributed by atoms with E-state index in [2.05, 4.69) is 18.1 Å². The van der Waals surface area contributed by atoms with Crippen molar-refractivity contribution >= 4 is 11.9 Å². The maximum atomic E-state index is 12.1. The molecule has 0 aliphatic heterocycles. The third-order valence-electron chi connectivity index (χ3n) is 4.27. The summed E-state index contributed by atoms with van der Waals surface area (Å²) in [6.45, 7) is 8.41. The van der Waals surface area contributed by atoms with Gasteiger partial charge in [-0.05, 0) is 31.0 Å². The van der Waals surface area contributed by atoms with Gasteiger partial charge in [-0.3, -0.25) is 4.79 Å². The zero-order valence-corrected chi connectivity index (χ0v) is 15.0. The van der Waals surface area contributed by atoms with Crippen molar-refractivity contribution in [3.63, 3.8) is 0 Å². The summed E-state index contributed by atoms with van der Waals surface area (Å²) in [4.78, 5) is 23.8. The molecule has 5 nitrogen and oxygen atoms in total. The van der Waals surface area contributed by atoms with Crippen LogP contribution in [0.5, 0.6) is 0 Å². The number of nitrogens with two attached hydrogens (primary N) is 1. The first-order valence-electron chi connectivity index (χ1n) is 8.27. The Labute approximate surface area is 148 Å². The molecule has 0 bridgehead atoms. The Morgan fingerprint density at radius 3 is 2.40 bits per heavy atom. The molecule has 1 amide bonds. The molecular formula is C20H24N2O3. The predicted molar refractivity (Wildman–Crippen MR) is 98.7 cm³/mol. The predicted octanol–water partition coefficient (Wildman–Crippen LogP) is 3.49. The first-order chi connectivity index (χ1) is 12.0. The number of methoxy groups -OCH3 is 1. The van der Waals surface area contributed by atoms with E-state index < -0.39 is 11.9 Å². The molecule has 0 aliphatic carbocycles. The van der Waals surface area contributed by atoms with Crippen molar-refractivity contribution < 1.29 is 14.3 Å². The molecule has 2 aromatic rings. The molecule has 0 aliphatic rings. The van der Waals surface area contributed by atoms with Crippen LogP contribution in [0.1, 0.15) is 45.4 Å². The van der Waals surface area contributed by atoms with E-state index in [0.29, 0.717) is 17.7 Å². The lowest BCUT2D eigenvalue weighted by Crippen LogP contribution is -2.13. The summed E-state index contributed by atoms with van der Waals surface area (Å²) in [5.74, 6) is -0.847. The van der Waals surface area contributed by atoms with Gasteiger partial charge in [0.25, 0.3) is 5.91 Å². The van der Waals surface area contributed by atoms with Crippen molar-refractivity contribution in [1.29, 1.82) is 0 Å². The summed E-state index contributed by atoms with van der Waals surface area (Å²) >= 11 is 0. The molecule has 2 N–H and O–H groups in total. The number of carbonyl (C=O) groups excluding carboxylic acids is 2. The van der Waals surface area contributed by atoms with Crippen LogP contribution in [0, 0.1) is 6.92 Å². The SMILES string of the molecule is C=CCn1c(C)c(C(N)=O)c(-c2ccc(C(=O)OC)cc2)c1CCC. The molecule has 0 saturated heterocycles. The summed E-state index contributed by atoms with van der Waals surface area (Å²) in [5, 5.41) is 0. The van der Waals surface area contributed by atoms with Crippen LogP contribution in [0.3, 0.4) is 0 Å². The Morgan fingerprint density at radius 1 is 1.28 bits per heavy atom. The highest BCUT2D eigenvalue weighted by atomic mass is 16.5. The van der Waals surface area contributed by atoms with Crippen LogP contribution in [-0.4, -0.2) is 23.6 Å². The molecular weight excluding hydrogens is 316 g/mol. The summed E-state index contributed by atoms with van der Waals surface area (Å²) in [6.07, 6.45) is 3.56. The van der Waals surface area contributed by atoms with Gasteiger partial charge in [-0.25, -0.2) is 4.79 Å². The summed E-state index contributed by atoms with van der Waals surface area (Å²) in [5.41, 5.74) is 10.2. The number of primary amides is 1. The number of rotatable bonds is 7. The first-order valence-corrected chi connectivity index (χ1v) is 8.27. The van der Waals surface area contributed by atoms with Crippen molar-refractivity contribution in [2.45, 2.75) is 33.2 Å². The molecule has 1 aromatic carbocycles. The number of ether oxygens (including phenoxy) is 1. The van der Waals surface area contributed by atoms with E-state index in [1.807, 2.05) is 19.1 Å². The van der Waals surface area contributed by atoms with E-state index in [9.17, 15) is 9.59 Å². The van der Waals surface area contributed by atoms with Crippen LogP contribution >= 0.6 is 0 Å². The number of allylic oxidation sites excluding steroid dienone is 1. The molecule has 25 heavy (non-hydrogen) atoms. The lowest BCUT2D eigenvalue weighted by Gasteiger charge is -2.11. The number of benzene rings is 1. The molecule has 0 fully saturated rings. The molecule has 0 spiro atoms. The third kappa shape index (κ3) is 3.50. The molecule has 5 heteroatoms. The van der Waals surface area contributed by atoms with E-state index >= 15 is 0 Å². The van der Waals surface area contributed by atoms with Gasteiger partial charge in [-0.2, -0.15) is 0 Å². The zero-order chi connectivity index (χ0) is 18.6. The minimum atomic E-state index is -0.454. The smallest absolute Gasteiger partial charge is 0.337 e. The molecule has 0 unspecified atom stereocenters. The van der Waals surface area contributed by atoms with Crippen molar-refractivity contribution in [2.75, 3.05) is 7.11 Å². The van der Waals surface area contributed by atoms with Crippen molar-refractivity contribution in [3.05, 3.63) is 59.4 Å². The van der Waals surface area contributed by atoms with E-state index in [1.165, 1.54) is 7.11 Å². The van der Waals surface area contributed by atoms with Crippen LogP contribution in [0.2, 0.25) is 0 Å². The number of esters is 1. The Hall–Kier alpha value is -2.82. The van der Waals surface area contributed by atoms with Gasteiger partial charge >= 0.3 is 5.97 Å². The average molecular weight is 340 g/mol. The van der Waals surface area contributed by atoms with Gasteiger partial charge in [0.15, 0.2) is 0 Å². The van der Waals surface area contributed by atoms with Gasteiger partial charge in [0.2, 0.25) is 0 Å². The fraction of sp³-hybridized carbons (Fsp3) is 0.300. The van der Waals surface area contributed by atoms with Gasteiger partial charge in [-0.1, -0.05) is 31.6 Å². The first kappa shape index (κ1) is 18.5. The molecule has 1 heterocycles. The van der Waals surface area contributed by atoms with Crippen LogP contribution in [0.15, 0.2) is 36.9 Å². The molecule has 2 rings (SSSR count). The monoisotopic (exact) mass is 340 g/mol. The molecule has 0 atom stereocenters. The van der Waals surface area contributed by atoms with Crippen LogP contribution in [0.4, 0.5) is 0 Å². The topological polar surface area (TPSA) is 74.3 Å². The lowest BCUT2D eigenvalue weighted by atomic mass is 9.97. The lowest BCUT2D eigenvalue weighted by molar-refractivity contribution is 0.0600. The highest BCUT2D eigenvalue weighted by Gasteiger charge is 2.24. The number of amides is 1. The fourth-order valence-corrected chi connectivity index (χ4v) is 3.17. The number of nitrogens with zero attached hydrogens (tertiary/aromatic N) is 1. The van der Waals surface area contributed by atoms with Gasteiger partial charge in [0, 0.05) is 23.5 Å². The Bertz CT molecular complexity index is 801. The number of hydrogen-bond donors (Lipinski definition) is 1. The van der Waals surface area contributed by atoms with E-state index in [1.54, 1.807) is 18.2 Å². The van der Waals surface area contributed by atoms with E-state index in [4.69, 9.17) is 10.5 Å². The van der Waals surface area contributed by atoms with E-state index in [0.717, 1.165) is 35.4 Å². The van der Waals surface area contributed by atoms with Gasteiger partial charge in [-0.15, -0.1) is 6.58 Å². The molecule has 0 radical (unpaired) electrons. The molecule has 132 valence electrons. The average Bonchev–Trinajstić information content (AvgIpc) is 2.88. The van der Waals surface area contributed by atoms with Crippen molar-refractivity contribution in [2.24, 2.45) is 5.73 Å². The van der Waals surface area contributed by atoms with Crippen molar-refractivity contribution in [3.8, 4) is 11.1 Å². The second-order valence-electron chi connectivity index (χ2n) is 5.86. The second-order valence-corrected chi connectivity index (χ2v) is 5.86. The maximum absolute atomic E-state index is 12.1. The number of carbonyl (C=O) groups is 2. The fourth-order valence-electron chi connectivity index (χ4n) is 3.17. The highest BCUT2D eigenvalue weighted by molar-refractivity contribution is 6.02.